The number of benzene rings is 2. The zero-order valence-corrected chi connectivity index (χ0v) is 21.5. The van der Waals surface area contributed by atoms with Gasteiger partial charge in [0.25, 0.3) is 0 Å². The summed E-state index contributed by atoms with van der Waals surface area (Å²) in [5.41, 5.74) is 5.97. The van der Waals surface area contributed by atoms with Crippen LogP contribution < -0.4 is 15.5 Å². The van der Waals surface area contributed by atoms with Gasteiger partial charge in [-0.3, -0.25) is 9.59 Å². The van der Waals surface area contributed by atoms with Crippen molar-refractivity contribution in [3.8, 4) is 6.07 Å². The molecule has 0 aromatic heterocycles. The number of nitrogens with zero attached hydrogens (tertiary/aromatic N) is 3. The van der Waals surface area contributed by atoms with Crippen molar-refractivity contribution in [1.82, 2.24) is 15.5 Å². The quantitative estimate of drug-likeness (QED) is 0.516. The molecule has 35 heavy (non-hydrogen) atoms. The van der Waals surface area contributed by atoms with Crippen LogP contribution in [0.3, 0.4) is 0 Å². The normalized spacial score (nSPS) is 14.4. The Morgan fingerprint density at radius 1 is 1.06 bits per heavy atom. The lowest BCUT2D eigenvalue weighted by Crippen LogP contribution is -2.47. The number of hydrogen-bond acceptors (Lipinski definition) is 5. The molecule has 7 heteroatoms. The second-order valence-electron chi connectivity index (χ2n) is 9.77. The summed E-state index contributed by atoms with van der Waals surface area (Å²) in [5.74, 6) is -0.202. The molecule has 0 spiro atoms. The van der Waals surface area contributed by atoms with Gasteiger partial charge in [-0.05, 0) is 55.5 Å². The first-order valence-electron chi connectivity index (χ1n) is 12.3. The molecule has 2 aromatic carbocycles. The fraction of sp³-hybridized carbons (Fsp3) is 0.464. The molecule has 1 unspecified atom stereocenters. The first-order chi connectivity index (χ1) is 16.7. The van der Waals surface area contributed by atoms with Crippen LogP contribution in [0.25, 0.3) is 0 Å². The maximum absolute atomic E-state index is 13.4. The average molecular weight is 476 g/mol. The Morgan fingerprint density at radius 3 is 2.51 bits per heavy atom. The van der Waals surface area contributed by atoms with Gasteiger partial charge in [-0.2, -0.15) is 5.26 Å². The van der Waals surface area contributed by atoms with Crippen molar-refractivity contribution in [2.45, 2.75) is 52.6 Å². The number of rotatable bonds is 10. The average Bonchev–Trinajstić information content (AvgIpc) is 3.24. The monoisotopic (exact) mass is 475 g/mol. The number of hydrogen-bond donors (Lipinski definition) is 2. The van der Waals surface area contributed by atoms with Crippen molar-refractivity contribution < 1.29 is 9.59 Å². The van der Waals surface area contributed by atoms with Crippen LogP contribution in [-0.4, -0.2) is 62.0 Å². The smallest absolute Gasteiger partial charge is 0.242 e. The highest BCUT2D eigenvalue weighted by Gasteiger charge is 2.29. The highest BCUT2D eigenvalue weighted by molar-refractivity contribution is 5.87. The second-order valence-corrected chi connectivity index (χ2v) is 9.77. The van der Waals surface area contributed by atoms with E-state index < -0.39 is 0 Å². The summed E-state index contributed by atoms with van der Waals surface area (Å²) in [7, 11) is 1.85. The zero-order valence-electron chi connectivity index (χ0n) is 21.5. The van der Waals surface area contributed by atoms with E-state index in [1.807, 2.05) is 24.9 Å². The summed E-state index contributed by atoms with van der Waals surface area (Å²) >= 11 is 0. The topological polar surface area (TPSA) is 88.5 Å². The number of nitrogens with one attached hydrogen (secondary N) is 2. The van der Waals surface area contributed by atoms with Crippen LogP contribution in [0.15, 0.2) is 36.4 Å². The highest BCUT2D eigenvalue weighted by atomic mass is 16.2. The molecular weight excluding hydrogens is 438 g/mol. The maximum Gasteiger partial charge on any atom is 0.242 e. The lowest BCUT2D eigenvalue weighted by atomic mass is 10.1. The predicted octanol–water partition coefficient (Wildman–Crippen LogP) is 2.72. The number of anilines is 1. The van der Waals surface area contributed by atoms with Gasteiger partial charge in [0.2, 0.25) is 11.8 Å². The first kappa shape index (κ1) is 26.2. The van der Waals surface area contributed by atoms with Gasteiger partial charge in [-0.1, -0.05) is 43.7 Å². The van der Waals surface area contributed by atoms with Crippen LogP contribution in [0.4, 0.5) is 5.69 Å². The van der Waals surface area contributed by atoms with E-state index >= 15 is 0 Å². The molecule has 1 atom stereocenters. The van der Waals surface area contributed by atoms with Gasteiger partial charge < -0.3 is 20.4 Å². The molecule has 0 radical (unpaired) electrons. The molecule has 186 valence electrons. The van der Waals surface area contributed by atoms with E-state index in [1.54, 1.807) is 17.0 Å². The SMILES string of the molecule is Cc1ccc2c(c1)CC(N(C)C(=O)CN(CC(=O)NCCNC(C)C)c1cc(C#N)ccc1C)C2. The fourth-order valence-corrected chi connectivity index (χ4v) is 4.51. The Labute approximate surface area is 209 Å². The molecule has 0 saturated heterocycles. The third-order valence-corrected chi connectivity index (χ3v) is 6.55. The summed E-state index contributed by atoms with van der Waals surface area (Å²) in [6.45, 7) is 9.42. The molecule has 0 aliphatic heterocycles. The standard InChI is InChI=1S/C28H37N5O2/c1-19(2)30-10-11-31-27(34)17-33(26-13-22(16-29)8-7-21(26)4)18-28(35)32(5)25-14-23-9-6-20(3)12-24(23)15-25/h6-9,12-13,19,25,30H,10-11,14-15,17-18H2,1-5H3,(H,31,34). The first-order valence-corrected chi connectivity index (χ1v) is 12.3. The summed E-state index contributed by atoms with van der Waals surface area (Å²) in [6.07, 6.45) is 1.68. The van der Waals surface area contributed by atoms with Gasteiger partial charge in [0.1, 0.15) is 0 Å². The molecule has 0 fully saturated rings. The molecule has 2 N–H and O–H groups in total. The molecule has 3 rings (SSSR count). The zero-order chi connectivity index (χ0) is 25.5. The minimum absolute atomic E-state index is 0.0427. The van der Waals surface area contributed by atoms with E-state index in [0.717, 1.165) is 24.1 Å². The Bertz CT molecular complexity index is 1110. The van der Waals surface area contributed by atoms with Crippen molar-refractivity contribution >= 4 is 17.5 Å². The number of aryl methyl sites for hydroxylation is 2. The van der Waals surface area contributed by atoms with Crippen LogP contribution in [0.5, 0.6) is 0 Å². The largest absolute Gasteiger partial charge is 0.353 e. The van der Waals surface area contributed by atoms with Crippen molar-refractivity contribution in [2.75, 3.05) is 38.1 Å². The van der Waals surface area contributed by atoms with Crippen LogP contribution in [0.1, 0.15) is 41.7 Å². The lowest BCUT2D eigenvalue weighted by Gasteiger charge is -2.30. The molecule has 2 aromatic rings. The minimum atomic E-state index is -0.156. The molecule has 1 aliphatic rings. The summed E-state index contributed by atoms with van der Waals surface area (Å²) in [5, 5.41) is 15.6. The van der Waals surface area contributed by atoms with Crippen LogP contribution >= 0.6 is 0 Å². The molecule has 0 heterocycles. The van der Waals surface area contributed by atoms with Gasteiger partial charge in [-0.25, -0.2) is 0 Å². The van der Waals surface area contributed by atoms with E-state index in [-0.39, 0.29) is 30.9 Å². The number of fused-ring (bicyclic) bond motifs is 1. The van der Waals surface area contributed by atoms with Gasteiger partial charge in [-0.15, -0.1) is 0 Å². The summed E-state index contributed by atoms with van der Waals surface area (Å²) in [4.78, 5) is 29.7. The van der Waals surface area contributed by atoms with E-state index in [9.17, 15) is 14.9 Å². The van der Waals surface area contributed by atoms with E-state index in [4.69, 9.17) is 0 Å². The fourth-order valence-electron chi connectivity index (χ4n) is 4.51. The number of likely N-dealkylation sites (N-methyl/N-ethyl adjacent to an activating group) is 1. The second kappa shape index (κ2) is 11.9. The maximum atomic E-state index is 13.4. The van der Waals surface area contributed by atoms with Crippen molar-refractivity contribution in [3.05, 3.63) is 64.2 Å². The molecule has 0 saturated carbocycles. The third kappa shape index (κ3) is 7.06. The lowest BCUT2D eigenvalue weighted by molar-refractivity contribution is -0.130. The molecular formula is C28H37N5O2. The van der Waals surface area contributed by atoms with Gasteiger partial charge in [0, 0.05) is 37.9 Å². The van der Waals surface area contributed by atoms with E-state index in [2.05, 4.69) is 55.7 Å². The number of nitriles is 1. The number of carbonyl (C=O) groups excluding carboxylic acids is 2. The van der Waals surface area contributed by atoms with Crippen LogP contribution in [-0.2, 0) is 22.4 Å². The molecule has 0 bridgehead atoms. The van der Waals surface area contributed by atoms with Gasteiger partial charge in [0.05, 0.1) is 24.7 Å². The van der Waals surface area contributed by atoms with Crippen molar-refractivity contribution in [3.63, 3.8) is 0 Å². The van der Waals surface area contributed by atoms with Crippen molar-refractivity contribution in [1.29, 1.82) is 5.26 Å². The number of amides is 2. The number of carbonyl (C=O) groups is 2. The Kier molecular flexibility index (Phi) is 8.89. The molecule has 1 aliphatic carbocycles. The minimum Gasteiger partial charge on any atom is -0.353 e. The van der Waals surface area contributed by atoms with Gasteiger partial charge in [0.15, 0.2) is 0 Å². The highest BCUT2D eigenvalue weighted by Crippen LogP contribution is 2.27. The third-order valence-electron chi connectivity index (χ3n) is 6.55. The molecule has 2 amide bonds. The van der Waals surface area contributed by atoms with Crippen LogP contribution in [0, 0.1) is 25.2 Å². The Hall–Kier alpha value is -3.37. The van der Waals surface area contributed by atoms with Crippen LogP contribution in [0.2, 0.25) is 0 Å². The van der Waals surface area contributed by atoms with E-state index in [0.29, 0.717) is 24.7 Å². The summed E-state index contributed by atoms with van der Waals surface area (Å²) in [6, 6.07) is 14.4. The van der Waals surface area contributed by atoms with E-state index in [1.165, 1.54) is 16.7 Å². The predicted molar refractivity (Wildman–Crippen MR) is 139 cm³/mol. The van der Waals surface area contributed by atoms with Crippen molar-refractivity contribution in [2.24, 2.45) is 0 Å². The molecule has 7 nitrogen and oxygen atoms in total. The van der Waals surface area contributed by atoms with Gasteiger partial charge >= 0.3 is 0 Å². The summed E-state index contributed by atoms with van der Waals surface area (Å²) < 4.78 is 0. The Balaban J connectivity index is 1.72. The Morgan fingerprint density at radius 2 is 1.80 bits per heavy atom.